The van der Waals surface area contributed by atoms with Crippen molar-refractivity contribution < 1.29 is 0 Å². The molecule has 9 aromatic rings. The minimum absolute atomic E-state index is 0.878. The maximum Gasteiger partial charge on any atom is 0.0731 e. The molecule has 0 fully saturated rings. The van der Waals surface area contributed by atoms with Gasteiger partial charge in [0.1, 0.15) is 0 Å². The Balaban J connectivity index is 1.14. The standard InChI is InChI=1S/C45H29N3/c1-2-17-40-38(15-1)39-16-3-4-18-41(39)43-25-34(19-20-42(40)43)32-11-5-9-30(23-32)31-10-6-12-33(24-31)37-26-44(35-13-7-21-46-28-35)48-45(27-37)36-14-8-22-47-29-36/h1-29H. The number of rotatable bonds is 5. The topological polar surface area (TPSA) is 38.7 Å². The molecule has 224 valence electrons. The summed E-state index contributed by atoms with van der Waals surface area (Å²) in [5, 5.41) is 7.72. The van der Waals surface area contributed by atoms with Gasteiger partial charge in [0.2, 0.25) is 0 Å². The summed E-state index contributed by atoms with van der Waals surface area (Å²) in [6.07, 6.45) is 7.29. The predicted octanol–water partition coefficient (Wildman–Crippen LogP) is 11.7. The van der Waals surface area contributed by atoms with Crippen LogP contribution in [0.3, 0.4) is 0 Å². The van der Waals surface area contributed by atoms with Crippen LogP contribution in [0.2, 0.25) is 0 Å². The van der Waals surface area contributed by atoms with E-state index in [1.54, 1.807) is 12.4 Å². The first kappa shape index (κ1) is 27.8. The first-order valence-electron chi connectivity index (χ1n) is 16.2. The first-order chi connectivity index (χ1) is 23.8. The fraction of sp³-hybridized carbons (Fsp3) is 0. The maximum absolute atomic E-state index is 5.00. The fourth-order valence-electron chi connectivity index (χ4n) is 6.87. The van der Waals surface area contributed by atoms with E-state index in [1.807, 2.05) is 36.7 Å². The third kappa shape index (κ3) is 4.99. The molecule has 0 unspecified atom stereocenters. The van der Waals surface area contributed by atoms with E-state index in [9.17, 15) is 0 Å². The minimum Gasteiger partial charge on any atom is -0.264 e. The van der Waals surface area contributed by atoms with Crippen molar-refractivity contribution in [2.75, 3.05) is 0 Å². The van der Waals surface area contributed by atoms with Gasteiger partial charge in [0.05, 0.1) is 11.4 Å². The van der Waals surface area contributed by atoms with Crippen LogP contribution >= 0.6 is 0 Å². The van der Waals surface area contributed by atoms with E-state index in [-0.39, 0.29) is 0 Å². The lowest BCUT2D eigenvalue weighted by Gasteiger charge is -2.13. The van der Waals surface area contributed by atoms with Crippen molar-refractivity contribution >= 4 is 32.3 Å². The van der Waals surface area contributed by atoms with E-state index in [0.29, 0.717) is 0 Å². The van der Waals surface area contributed by atoms with Gasteiger partial charge in [-0.3, -0.25) is 9.97 Å². The molecule has 0 atom stereocenters. The summed E-state index contributed by atoms with van der Waals surface area (Å²) in [5.74, 6) is 0. The van der Waals surface area contributed by atoms with Crippen molar-refractivity contribution in [1.29, 1.82) is 0 Å². The average Bonchev–Trinajstić information content (AvgIpc) is 3.18. The lowest BCUT2D eigenvalue weighted by atomic mass is 9.91. The van der Waals surface area contributed by atoms with Gasteiger partial charge in [-0.1, -0.05) is 97.1 Å². The molecule has 3 nitrogen and oxygen atoms in total. The highest BCUT2D eigenvalue weighted by atomic mass is 14.7. The number of benzene rings is 6. The molecule has 0 saturated heterocycles. The van der Waals surface area contributed by atoms with E-state index < -0.39 is 0 Å². The Morgan fingerprint density at radius 2 is 0.688 bits per heavy atom. The summed E-state index contributed by atoms with van der Waals surface area (Å²) in [5.41, 5.74) is 10.7. The van der Waals surface area contributed by atoms with Crippen LogP contribution in [0.15, 0.2) is 176 Å². The van der Waals surface area contributed by atoms with Gasteiger partial charge >= 0.3 is 0 Å². The second-order valence-electron chi connectivity index (χ2n) is 12.1. The molecule has 3 heterocycles. The zero-order valence-corrected chi connectivity index (χ0v) is 26.1. The van der Waals surface area contributed by atoms with Gasteiger partial charge in [-0.05, 0) is 120 Å². The third-order valence-electron chi connectivity index (χ3n) is 9.21. The quantitative estimate of drug-likeness (QED) is 0.182. The molecule has 3 heteroatoms. The van der Waals surface area contributed by atoms with Crippen LogP contribution < -0.4 is 0 Å². The first-order valence-corrected chi connectivity index (χ1v) is 16.2. The highest BCUT2D eigenvalue weighted by Gasteiger charge is 2.12. The molecule has 0 aliphatic heterocycles. The van der Waals surface area contributed by atoms with Crippen LogP contribution in [0.5, 0.6) is 0 Å². The summed E-state index contributed by atoms with van der Waals surface area (Å²) in [6, 6.07) is 54.3. The number of nitrogens with zero attached hydrogens (tertiary/aromatic N) is 3. The lowest BCUT2D eigenvalue weighted by molar-refractivity contribution is 1.26. The Kier molecular flexibility index (Phi) is 6.80. The molecule has 0 radical (unpaired) electrons. The minimum atomic E-state index is 0.878. The van der Waals surface area contributed by atoms with Crippen LogP contribution in [0, 0.1) is 0 Å². The summed E-state index contributed by atoms with van der Waals surface area (Å²) in [4.78, 5) is 13.7. The number of fused-ring (bicyclic) bond motifs is 6. The summed E-state index contributed by atoms with van der Waals surface area (Å²) < 4.78 is 0. The van der Waals surface area contributed by atoms with Crippen LogP contribution in [-0.4, -0.2) is 15.0 Å². The number of hydrogen-bond acceptors (Lipinski definition) is 3. The van der Waals surface area contributed by atoms with E-state index in [4.69, 9.17) is 4.98 Å². The molecule has 0 aliphatic carbocycles. The Bertz CT molecular complexity index is 2520. The van der Waals surface area contributed by atoms with E-state index in [1.165, 1.54) is 49.0 Å². The highest BCUT2D eigenvalue weighted by molar-refractivity contribution is 6.25. The van der Waals surface area contributed by atoms with Crippen LogP contribution in [0.1, 0.15) is 0 Å². The van der Waals surface area contributed by atoms with Crippen molar-refractivity contribution in [2.24, 2.45) is 0 Å². The largest absolute Gasteiger partial charge is 0.264 e. The average molecular weight is 612 g/mol. The third-order valence-corrected chi connectivity index (χ3v) is 9.21. The molecule has 0 amide bonds. The number of hydrogen-bond donors (Lipinski definition) is 0. The summed E-state index contributed by atoms with van der Waals surface area (Å²) in [6.45, 7) is 0. The molecule has 48 heavy (non-hydrogen) atoms. The lowest BCUT2D eigenvalue weighted by Crippen LogP contribution is -1.92. The molecule has 6 aromatic carbocycles. The molecule has 0 saturated carbocycles. The normalized spacial score (nSPS) is 11.3. The molecule has 0 bridgehead atoms. The Morgan fingerprint density at radius 1 is 0.271 bits per heavy atom. The molecular weight excluding hydrogens is 583 g/mol. The second-order valence-corrected chi connectivity index (χ2v) is 12.1. The van der Waals surface area contributed by atoms with Crippen molar-refractivity contribution in [3.05, 3.63) is 176 Å². The van der Waals surface area contributed by atoms with Crippen LogP contribution in [0.4, 0.5) is 0 Å². The van der Waals surface area contributed by atoms with Crippen LogP contribution in [0.25, 0.3) is 88.2 Å². The number of pyridine rings is 3. The Morgan fingerprint density at radius 3 is 1.17 bits per heavy atom. The zero-order chi connectivity index (χ0) is 31.9. The van der Waals surface area contributed by atoms with Crippen molar-refractivity contribution in [1.82, 2.24) is 15.0 Å². The predicted molar refractivity (Wildman–Crippen MR) is 200 cm³/mol. The van der Waals surface area contributed by atoms with Crippen molar-refractivity contribution in [2.45, 2.75) is 0 Å². The second kappa shape index (κ2) is 11.7. The van der Waals surface area contributed by atoms with Gasteiger partial charge in [-0.25, -0.2) is 4.98 Å². The monoisotopic (exact) mass is 611 g/mol. The Labute approximate surface area is 278 Å². The van der Waals surface area contributed by atoms with E-state index >= 15 is 0 Å². The SMILES string of the molecule is c1cc(-c2cccc(-c3ccc4c5ccccc5c5ccccc5c4c3)c2)cc(-c2cc(-c3cccnc3)nc(-c3cccnc3)c2)c1. The molecule has 0 N–H and O–H groups in total. The van der Waals surface area contributed by atoms with Crippen molar-refractivity contribution in [3.63, 3.8) is 0 Å². The molecule has 0 aliphatic rings. The summed E-state index contributed by atoms with van der Waals surface area (Å²) >= 11 is 0. The summed E-state index contributed by atoms with van der Waals surface area (Å²) in [7, 11) is 0. The molecular formula is C45H29N3. The number of aromatic nitrogens is 3. The molecule has 0 spiro atoms. The van der Waals surface area contributed by atoms with Gasteiger partial charge in [0, 0.05) is 35.9 Å². The molecule has 9 rings (SSSR count). The maximum atomic E-state index is 5.00. The zero-order valence-electron chi connectivity index (χ0n) is 26.1. The van der Waals surface area contributed by atoms with Gasteiger partial charge in [0.15, 0.2) is 0 Å². The highest BCUT2D eigenvalue weighted by Crippen LogP contribution is 2.38. The van der Waals surface area contributed by atoms with Crippen molar-refractivity contribution in [3.8, 4) is 55.9 Å². The Hall–Kier alpha value is -6.45. The van der Waals surface area contributed by atoms with E-state index in [0.717, 1.165) is 39.2 Å². The fourth-order valence-corrected chi connectivity index (χ4v) is 6.87. The molecule has 3 aromatic heterocycles. The smallest absolute Gasteiger partial charge is 0.0731 e. The van der Waals surface area contributed by atoms with Gasteiger partial charge in [-0.15, -0.1) is 0 Å². The van der Waals surface area contributed by atoms with Crippen LogP contribution in [-0.2, 0) is 0 Å². The van der Waals surface area contributed by atoms with E-state index in [2.05, 4.69) is 137 Å². The van der Waals surface area contributed by atoms with Gasteiger partial charge in [-0.2, -0.15) is 0 Å². The van der Waals surface area contributed by atoms with Gasteiger partial charge in [0.25, 0.3) is 0 Å². The van der Waals surface area contributed by atoms with Gasteiger partial charge < -0.3 is 0 Å².